The molecule has 0 bridgehead atoms. The Morgan fingerprint density at radius 2 is 2.24 bits per heavy atom. The van der Waals surface area contributed by atoms with Gasteiger partial charge < -0.3 is 10.1 Å². The second-order valence-electron chi connectivity index (χ2n) is 4.21. The highest BCUT2D eigenvalue weighted by atomic mass is 32.1. The summed E-state index contributed by atoms with van der Waals surface area (Å²) in [4.78, 5) is 15.8. The van der Waals surface area contributed by atoms with Crippen LogP contribution in [0, 0.1) is 5.92 Å². The molecule has 5 nitrogen and oxygen atoms in total. The predicted molar refractivity (Wildman–Crippen MR) is 69.3 cm³/mol. The molecule has 2 amide bonds. The first-order valence-electron chi connectivity index (χ1n) is 5.53. The Morgan fingerprint density at radius 3 is 2.82 bits per heavy atom. The molecule has 0 aliphatic rings. The average Bonchev–Trinajstić information content (AvgIpc) is 2.65. The minimum atomic E-state index is -0.218. The Kier molecular flexibility index (Phi) is 5.37. The van der Waals surface area contributed by atoms with Crippen LogP contribution in [0.4, 0.5) is 9.93 Å². The molecule has 1 heterocycles. The Morgan fingerprint density at radius 1 is 1.53 bits per heavy atom. The number of rotatable bonds is 5. The molecule has 0 saturated carbocycles. The van der Waals surface area contributed by atoms with Crippen LogP contribution in [-0.2, 0) is 11.3 Å². The molecule has 0 aliphatic carbocycles. The number of anilines is 1. The van der Waals surface area contributed by atoms with Crippen molar-refractivity contribution in [3.05, 3.63) is 11.1 Å². The highest BCUT2D eigenvalue weighted by molar-refractivity contribution is 7.13. The van der Waals surface area contributed by atoms with Crippen LogP contribution < -0.4 is 10.6 Å². The Balaban J connectivity index is 2.44. The fraction of sp³-hybridized carbons (Fsp3) is 0.636. The fourth-order valence-electron chi connectivity index (χ4n) is 1.09. The molecular formula is C11H19N3O2S. The van der Waals surface area contributed by atoms with Gasteiger partial charge in [0.1, 0.15) is 0 Å². The third-order valence-corrected chi connectivity index (χ3v) is 3.23. The molecule has 0 aromatic carbocycles. The van der Waals surface area contributed by atoms with Crippen molar-refractivity contribution in [2.24, 2.45) is 5.92 Å². The van der Waals surface area contributed by atoms with E-state index in [2.05, 4.69) is 29.5 Å². The summed E-state index contributed by atoms with van der Waals surface area (Å²) in [6.07, 6.45) is 0. The van der Waals surface area contributed by atoms with Gasteiger partial charge in [0.25, 0.3) is 0 Å². The third-order valence-electron chi connectivity index (χ3n) is 2.42. The van der Waals surface area contributed by atoms with Gasteiger partial charge >= 0.3 is 6.03 Å². The Bertz CT molecular complexity index is 365. The largest absolute Gasteiger partial charge is 0.378 e. The van der Waals surface area contributed by atoms with E-state index in [1.54, 1.807) is 7.11 Å². The van der Waals surface area contributed by atoms with Crippen LogP contribution in [0.3, 0.4) is 0 Å². The average molecular weight is 257 g/mol. The molecule has 1 unspecified atom stereocenters. The van der Waals surface area contributed by atoms with E-state index in [9.17, 15) is 4.79 Å². The summed E-state index contributed by atoms with van der Waals surface area (Å²) >= 11 is 1.39. The van der Waals surface area contributed by atoms with Gasteiger partial charge in [-0.1, -0.05) is 13.8 Å². The first-order chi connectivity index (χ1) is 8.02. The van der Waals surface area contributed by atoms with Crippen molar-refractivity contribution in [2.45, 2.75) is 33.4 Å². The van der Waals surface area contributed by atoms with Crippen LogP contribution in [0.25, 0.3) is 0 Å². The molecule has 0 aliphatic heterocycles. The van der Waals surface area contributed by atoms with E-state index in [4.69, 9.17) is 4.74 Å². The molecule has 17 heavy (non-hydrogen) atoms. The maximum Gasteiger partial charge on any atom is 0.321 e. The van der Waals surface area contributed by atoms with Crippen LogP contribution >= 0.6 is 11.3 Å². The normalized spacial score (nSPS) is 12.5. The lowest BCUT2D eigenvalue weighted by molar-refractivity contribution is 0.182. The molecule has 0 fully saturated rings. The van der Waals surface area contributed by atoms with E-state index < -0.39 is 0 Å². The first-order valence-corrected chi connectivity index (χ1v) is 6.41. The second kappa shape index (κ2) is 6.56. The molecule has 0 radical (unpaired) electrons. The molecular weight excluding hydrogens is 238 g/mol. The summed E-state index contributed by atoms with van der Waals surface area (Å²) in [5, 5.41) is 8.02. The Hall–Kier alpha value is -1.14. The van der Waals surface area contributed by atoms with Crippen LogP contribution in [0.1, 0.15) is 26.5 Å². The summed E-state index contributed by atoms with van der Waals surface area (Å²) in [5.41, 5.74) is 0.824. The third kappa shape index (κ3) is 4.70. The molecule has 0 spiro atoms. The van der Waals surface area contributed by atoms with Crippen LogP contribution in [0.2, 0.25) is 0 Å². The minimum absolute atomic E-state index is 0.133. The molecule has 1 aromatic rings. The van der Waals surface area contributed by atoms with Crippen molar-refractivity contribution in [1.82, 2.24) is 10.3 Å². The summed E-state index contributed by atoms with van der Waals surface area (Å²) in [6, 6.07) is -0.0853. The van der Waals surface area contributed by atoms with E-state index >= 15 is 0 Å². The van der Waals surface area contributed by atoms with Gasteiger partial charge in [0.2, 0.25) is 0 Å². The number of urea groups is 1. The topological polar surface area (TPSA) is 63.2 Å². The van der Waals surface area contributed by atoms with Crippen molar-refractivity contribution in [3.63, 3.8) is 0 Å². The zero-order valence-electron chi connectivity index (χ0n) is 10.6. The standard InChI is InChI=1S/C11H19N3O2S/c1-7(2)8(3)12-10(15)14-11-13-9(5-16-4)6-17-11/h6-8H,5H2,1-4H3,(H2,12,13,14,15). The van der Waals surface area contributed by atoms with E-state index in [-0.39, 0.29) is 12.1 Å². The van der Waals surface area contributed by atoms with Crippen molar-refractivity contribution >= 4 is 22.5 Å². The zero-order chi connectivity index (χ0) is 12.8. The number of carbonyl (C=O) groups excluding carboxylic acids is 1. The van der Waals surface area contributed by atoms with Gasteiger partial charge in [-0.2, -0.15) is 0 Å². The van der Waals surface area contributed by atoms with Gasteiger partial charge in [0, 0.05) is 18.5 Å². The monoisotopic (exact) mass is 257 g/mol. The molecule has 1 rings (SSSR count). The SMILES string of the molecule is COCc1csc(NC(=O)NC(C)C(C)C)n1. The van der Waals surface area contributed by atoms with E-state index in [1.165, 1.54) is 11.3 Å². The summed E-state index contributed by atoms with van der Waals surface area (Å²) < 4.78 is 4.96. The zero-order valence-corrected chi connectivity index (χ0v) is 11.4. The van der Waals surface area contributed by atoms with Gasteiger partial charge in [-0.15, -0.1) is 11.3 Å². The number of hydrogen-bond acceptors (Lipinski definition) is 4. The molecule has 0 saturated heterocycles. The number of nitrogens with zero attached hydrogens (tertiary/aromatic N) is 1. The Labute approximate surface area is 106 Å². The number of ether oxygens (including phenoxy) is 1. The second-order valence-corrected chi connectivity index (χ2v) is 5.07. The summed E-state index contributed by atoms with van der Waals surface area (Å²) in [6.45, 7) is 6.56. The molecule has 6 heteroatoms. The minimum Gasteiger partial charge on any atom is -0.378 e. The number of aromatic nitrogens is 1. The molecule has 1 atom stereocenters. The lowest BCUT2D eigenvalue weighted by Crippen LogP contribution is -2.38. The number of hydrogen-bond donors (Lipinski definition) is 2. The van der Waals surface area contributed by atoms with Gasteiger partial charge in [0.15, 0.2) is 5.13 Å². The summed E-state index contributed by atoms with van der Waals surface area (Å²) in [7, 11) is 1.61. The highest BCUT2D eigenvalue weighted by Crippen LogP contribution is 2.15. The van der Waals surface area contributed by atoms with Gasteiger partial charge in [0.05, 0.1) is 12.3 Å². The highest BCUT2D eigenvalue weighted by Gasteiger charge is 2.11. The van der Waals surface area contributed by atoms with E-state index in [1.807, 2.05) is 12.3 Å². The maximum atomic E-state index is 11.6. The van der Waals surface area contributed by atoms with Crippen LogP contribution in [-0.4, -0.2) is 24.2 Å². The van der Waals surface area contributed by atoms with E-state index in [0.717, 1.165) is 5.69 Å². The fourth-order valence-corrected chi connectivity index (χ4v) is 1.78. The lowest BCUT2D eigenvalue weighted by Gasteiger charge is -2.17. The van der Waals surface area contributed by atoms with Crippen molar-refractivity contribution in [2.75, 3.05) is 12.4 Å². The summed E-state index contributed by atoms with van der Waals surface area (Å²) in [5.74, 6) is 0.404. The van der Waals surface area contributed by atoms with Crippen molar-refractivity contribution in [3.8, 4) is 0 Å². The van der Waals surface area contributed by atoms with Crippen LogP contribution in [0.15, 0.2) is 5.38 Å². The number of methoxy groups -OCH3 is 1. The van der Waals surface area contributed by atoms with E-state index in [0.29, 0.717) is 17.7 Å². The number of carbonyl (C=O) groups is 1. The van der Waals surface area contributed by atoms with Crippen molar-refractivity contribution < 1.29 is 9.53 Å². The molecule has 1 aromatic heterocycles. The molecule has 96 valence electrons. The number of amides is 2. The van der Waals surface area contributed by atoms with Crippen molar-refractivity contribution in [1.29, 1.82) is 0 Å². The quantitative estimate of drug-likeness (QED) is 0.851. The lowest BCUT2D eigenvalue weighted by atomic mass is 10.1. The maximum absolute atomic E-state index is 11.6. The molecule has 2 N–H and O–H groups in total. The van der Waals surface area contributed by atoms with Gasteiger partial charge in [-0.25, -0.2) is 9.78 Å². The first kappa shape index (κ1) is 13.9. The van der Waals surface area contributed by atoms with Gasteiger partial charge in [-0.05, 0) is 12.8 Å². The number of thiazole rings is 1. The predicted octanol–water partition coefficient (Wildman–Crippen LogP) is 2.46. The smallest absolute Gasteiger partial charge is 0.321 e. The van der Waals surface area contributed by atoms with Gasteiger partial charge in [-0.3, -0.25) is 5.32 Å². The number of nitrogens with one attached hydrogen (secondary N) is 2. The van der Waals surface area contributed by atoms with Crippen LogP contribution in [0.5, 0.6) is 0 Å².